The zero-order chi connectivity index (χ0) is 13.1. The number of hydrogen-bond donors (Lipinski definition) is 3. The highest BCUT2D eigenvalue weighted by molar-refractivity contribution is 7.80. The van der Waals surface area contributed by atoms with Crippen LogP contribution in [0.1, 0.15) is 28.1 Å². The number of rotatable bonds is 5. The van der Waals surface area contributed by atoms with Gasteiger partial charge < -0.3 is 10.6 Å². The predicted molar refractivity (Wildman–Crippen MR) is 76.6 cm³/mol. The summed E-state index contributed by atoms with van der Waals surface area (Å²) in [7, 11) is 0. The second-order valence-corrected chi connectivity index (χ2v) is 5.87. The van der Waals surface area contributed by atoms with E-state index in [1.54, 1.807) is 0 Å². The molecule has 98 valence electrons. The second kappa shape index (κ2) is 5.75. The van der Waals surface area contributed by atoms with E-state index in [4.69, 9.17) is 0 Å². The molecule has 4 nitrogen and oxygen atoms in total. The highest BCUT2D eigenvalue weighted by Gasteiger charge is 2.30. The molecule has 1 aliphatic rings. The van der Waals surface area contributed by atoms with E-state index in [0.29, 0.717) is 17.2 Å². The highest BCUT2D eigenvalue weighted by Crippen LogP contribution is 2.32. The Hall–Kier alpha value is -1.01. The van der Waals surface area contributed by atoms with Gasteiger partial charge in [-0.1, -0.05) is 0 Å². The summed E-state index contributed by atoms with van der Waals surface area (Å²) in [6.45, 7) is 2.42. The monoisotopic (exact) mass is 284 g/mol. The highest BCUT2D eigenvalue weighted by atomic mass is 32.1. The van der Waals surface area contributed by atoms with Crippen molar-refractivity contribution in [2.24, 2.45) is 5.92 Å². The van der Waals surface area contributed by atoms with Crippen LogP contribution in [0.25, 0.3) is 0 Å². The molecule has 0 radical (unpaired) electrons. The van der Waals surface area contributed by atoms with Crippen molar-refractivity contribution in [3.63, 3.8) is 0 Å². The normalized spacial score (nSPS) is 14.3. The molecule has 0 spiro atoms. The number of aryl methyl sites for hydroxylation is 1. The van der Waals surface area contributed by atoms with Gasteiger partial charge in [0, 0.05) is 18.2 Å². The number of thiol groups is 1. The molecule has 0 aromatic carbocycles. The van der Waals surface area contributed by atoms with Crippen LogP contribution in [0, 0.1) is 12.8 Å². The molecular weight excluding hydrogens is 268 g/mol. The molecule has 1 heterocycles. The Kier molecular flexibility index (Phi) is 4.29. The van der Waals surface area contributed by atoms with E-state index in [0.717, 1.165) is 23.4 Å². The maximum Gasteiger partial charge on any atom is 0.261 e. The molecule has 0 aliphatic heterocycles. The fraction of sp³-hybridized carbons (Fsp3) is 0.500. The average molecular weight is 284 g/mol. The molecule has 1 aromatic rings. The van der Waals surface area contributed by atoms with Crippen molar-refractivity contribution in [2.75, 3.05) is 17.6 Å². The molecule has 1 aliphatic carbocycles. The van der Waals surface area contributed by atoms with Crippen molar-refractivity contribution in [1.82, 2.24) is 5.32 Å². The lowest BCUT2D eigenvalue weighted by atomic mass is 10.3. The summed E-state index contributed by atoms with van der Waals surface area (Å²) in [4.78, 5) is 24.1. The number of thiophene rings is 1. The Morgan fingerprint density at radius 3 is 2.83 bits per heavy atom. The number of carbonyl (C=O) groups is 2. The molecule has 0 saturated heterocycles. The summed E-state index contributed by atoms with van der Waals surface area (Å²) in [5.41, 5.74) is 0.891. The molecule has 18 heavy (non-hydrogen) atoms. The van der Waals surface area contributed by atoms with E-state index in [1.807, 2.05) is 13.0 Å². The quantitative estimate of drug-likeness (QED) is 0.725. The zero-order valence-corrected chi connectivity index (χ0v) is 11.9. The number of nitrogens with one attached hydrogen (secondary N) is 2. The minimum atomic E-state index is -0.0986. The Balaban J connectivity index is 2.01. The first-order valence-electron chi connectivity index (χ1n) is 5.92. The predicted octanol–water partition coefficient (Wildman–Crippen LogP) is 2.06. The minimum Gasteiger partial charge on any atom is -0.351 e. The van der Waals surface area contributed by atoms with Crippen molar-refractivity contribution in [2.45, 2.75) is 19.8 Å². The van der Waals surface area contributed by atoms with Gasteiger partial charge >= 0.3 is 0 Å². The molecule has 2 amide bonds. The van der Waals surface area contributed by atoms with Crippen LogP contribution in [0.2, 0.25) is 0 Å². The first-order valence-corrected chi connectivity index (χ1v) is 7.37. The fourth-order valence-corrected chi connectivity index (χ4v) is 2.69. The lowest BCUT2D eigenvalue weighted by Gasteiger charge is -2.01. The molecule has 6 heteroatoms. The van der Waals surface area contributed by atoms with E-state index in [2.05, 4.69) is 23.3 Å². The minimum absolute atomic E-state index is 0.0681. The maximum atomic E-state index is 11.8. The Morgan fingerprint density at radius 2 is 2.22 bits per heavy atom. The third-order valence-corrected chi connectivity index (χ3v) is 4.09. The van der Waals surface area contributed by atoms with Gasteiger partial charge in [0.25, 0.3) is 5.91 Å². The summed E-state index contributed by atoms with van der Waals surface area (Å²) in [6, 6.07) is 1.85. The van der Waals surface area contributed by atoms with Crippen molar-refractivity contribution in [3.8, 4) is 0 Å². The largest absolute Gasteiger partial charge is 0.351 e. The van der Waals surface area contributed by atoms with Crippen molar-refractivity contribution >= 4 is 40.8 Å². The van der Waals surface area contributed by atoms with Crippen LogP contribution in [0.15, 0.2) is 6.07 Å². The van der Waals surface area contributed by atoms with Crippen LogP contribution in [-0.2, 0) is 4.79 Å². The van der Waals surface area contributed by atoms with E-state index in [-0.39, 0.29) is 17.7 Å². The summed E-state index contributed by atoms with van der Waals surface area (Å²) >= 11 is 5.37. The van der Waals surface area contributed by atoms with Gasteiger partial charge in [0.1, 0.15) is 0 Å². The van der Waals surface area contributed by atoms with E-state index >= 15 is 0 Å². The molecule has 1 saturated carbocycles. The zero-order valence-electron chi connectivity index (χ0n) is 10.2. The summed E-state index contributed by atoms with van der Waals surface area (Å²) < 4.78 is 0. The smallest absolute Gasteiger partial charge is 0.261 e. The van der Waals surface area contributed by atoms with Crippen LogP contribution < -0.4 is 10.6 Å². The van der Waals surface area contributed by atoms with Gasteiger partial charge in [-0.2, -0.15) is 12.6 Å². The van der Waals surface area contributed by atoms with Crippen LogP contribution in [0.4, 0.5) is 5.00 Å². The summed E-state index contributed by atoms with van der Waals surface area (Å²) in [6.07, 6.45) is 1.96. The van der Waals surface area contributed by atoms with Crippen LogP contribution in [-0.4, -0.2) is 24.1 Å². The number of amides is 2. The molecule has 0 unspecified atom stereocenters. The Morgan fingerprint density at radius 1 is 1.50 bits per heavy atom. The SMILES string of the molecule is Cc1cc(NC(=O)C2CC2)sc1C(=O)NCCS. The third-order valence-electron chi connectivity index (χ3n) is 2.72. The molecule has 1 aromatic heterocycles. The van der Waals surface area contributed by atoms with Crippen LogP contribution >= 0.6 is 24.0 Å². The van der Waals surface area contributed by atoms with Gasteiger partial charge in [-0.25, -0.2) is 0 Å². The van der Waals surface area contributed by atoms with Gasteiger partial charge in [-0.05, 0) is 31.4 Å². The van der Waals surface area contributed by atoms with Gasteiger partial charge in [-0.3, -0.25) is 9.59 Å². The van der Waals surface area contributed by atoms with E-state index in [9.17, 15) is 9.59 Å². The standard InChI is InChI=1S/C12H16N2O2S2/c1-7-6-9(14-11(15)8-2-3-8)18-10(7)12(16)13-4-5-17/h6,8,17H,2-5H2,1H3,(H,13,16)(H,14,15). The van der Waals surface area contributed by atoms with Crippen molar-refractivity contribution < 1.29 is 9.59 Å². The lowest BCUT2D eigenvalue weighted by Crippen LogP contribution is -2.24. The van der Waals surface area contributed by atoms with Gasteiger partial charge in [0.15, 0.2) is 0 Å². The van der Waals surface area contributed by atoms with Gasteiger partial charge in [0.2, 0.25) is 5.91 Å². The van der Waals surface area contributed by atoms with Crippen LogP contribution in [0.5, 0.6) is 0 Å². The van der Waals surface area contributed by atoms with E-state index < -0.39 is 0 Å². The average Bonchev–Trinajstić information content (AvgIpc) is 3.11. The summed E-state index contributed by atoms with van der Waals surface area (Å²) in [5, 5.41) is 6.38. The topological polar surface area (TPSA) is 58.2 Å². The molecule has 2 N–H and O–H groups in total. The molecular formula is C12H16N2O2S2. The first-order chi connectivity index (χ1) is 8.61. The van der Waals surface area contributed by atoms with Gasteiger partial charge in [-0.15, -0.1) is 11.3 Å². The molecule has 0 bridgehead atoms. The van der Waals surface area contributed by atoms with Crippen molar-refractivity contribution in [3.05, 3.63) is 16.5 Å². The summed E-state index contributed by atoms with van der Waals surface area (Å²) in [5.74, 6) is 0.757. The lowest BCUT2D eigenvalue weighted by molar-refractivity contribution is -0.117. The Labute approximate surface area is 116 Å². The van der Waals surface area contributed by atoms with Crippen molar-refractivity contribution in [1.29, 1.82) is 0 Å². The Bertz CT molecular complexity index is 467. The first kappa shape index (κ1) is 13.4. The third kappa shape index (κ3) is 3.26. The van der Waals surface area contributed by atoms with Gasteiger partial charge in [0.05, 0.1) is 9.88 Å². The molecule has 2 rings (SSSR count). The number of carbonyl (C=O) groups excluding carboxylic acids is 2. The molecule has 1 fully saturated rings. The maximum absolute atomic E-state index is 11.8. The molecule has 0 atom stereocenters. The second-order valence-electron chi connectivity index (χ2n) is 4.37. The number of anilines is 1. The number of hydrogen-bond acceptors (Lipinski definition) is 4. The van der Waals surface area contributed by atoms with Crippen LogP contribution in [0.3, 0.4) is 0 Å². The van der Waals surface area contributed by atoms with E-state index in [1.165, 1.54) is 11.3 Å². The fourth-order valence-electron chi connectivity index (χ4n) is 1.59.